The van der Waals surface area contributed by atoms with Crippen molar-refractivity contribution in [2.45, 2.75) is 31.6 Å². The van der Waals surface area contributed by atoms with Crippen LogP contribution in [0, 0.1) is 0 Å². The standard InChI is InChI=1S/C10H13N3O3/c11-9(14)8-7(6-3-1-2-4-6)12-5-13(8)10(15)16/h5-6H,1-4H2,(H2,11,14)(H,15,16). The molecule has 0 atom stereocenters. The predicted molar refractivity (Wildman–Crippen MR) is 55.4 cm³/mol. The Morgan fingerprint density at radius 3 is 2.56 bits per heavy atom. The minimum Gasteiger partial charge on any atom is -0.464 e. The largest absolute Gasteiger partial charge is 0.464 e. The fourth-order valence-corrected chi connectivity index (χ4v) is 2.25. The first-order chi connectivity index (χ1) is 7.61. The molecule has 1 saturated carbocycles. The summed E-state index contributed by atoms with van der Waals surface area (Å²) in [6, 6.07) is 0. The molecular formula is C10H13N3O3. The Kier molecular flexibility index (Phi) is 2.64. The van der Waals surface area contributed by atoms with E-state index in [1.807, 2.05) is 0 Å². The molecule has 1 aromatic rings. The van der Waals surface area contributed by atoms with E-state index in [2.05, 4.69) is 4.98 Å². The van der Waals surface area contributed by atoms with Crippen LogP contribution in [-0.4, -0.2) is 26.7 Å². The van der Waals surface area contributed by atoms with Gasteiger partial charge in [-0.25, -0.2) is 14.3 Å². The highest BCUT2D eigenvalue weighted by molar-refractivity contribution is 5.95. The third-order valence-corrected chi connectivity index (χ3v) is 2.98. The molecule has 6 nitrogen and oxygen atoms in total. The van der Waals surface area contributed by atoms with Gasteiger partial charge >= 0.3 is 6.09 Å². The van der Waals surface area contributed by atoms with Gasteiger partial charge in [0.1, 0.15) is 12.0 Å². The average molecular weight is 223 g/mol. The summed E-state index contributed by atoms with van der Waals surface area (Å²) in [5.41, 5.74) is 5.75. The van der Waals surface area contributed by atoms with Gasteiger partial charge in [-0.3, -0.25) is 4.79 Å². The smallest absolute Gasteiger partial charge is 0.417 e. The lowest BCUT2D eigenvalue weighted by Gasteiger charge is -2.07. The van der Waals surface area contributed by atoms with E-state index in [0.29, 0.717) is 5.69 Å². The summed E-state index contributed by atoms with van der Waals surface area (Å²) in [6.07, 6.45) is 3.97. The van der Waals surface area contributed by atoms with Crippen LogP contribution in [0.4, 0.5) is 4.79 Å². The van der Waals surface area contributed by atoms with Gasteiger partial charge in [-0.2, -0.15) is 0 Å². The molecule has 1 aliphatic rings. The van der Waals surface area contributed by atoms with Crippen molar-refractivity contribution in [1.29, 1.82) is 0 Å². The fourth-order valence-electron chi connectivity index (χ4n) is 2.25. The molecule has 0 radical (unpaired) electrons. The van der Waals surface area contributed by atoms with Gasteiger partial charge in [0.15, 0.2) is 0 Å². The molecule has 86 valence electrons. The number of carbonyl (C=O) groups is 2. The molecule has 1 fully saturated rings. The van der Waals surface area contributed by atoms with E-state index in [-0.39, 0.29) is 11.6 Å². The Labute approximate surface area is 92.1 Å². The molecule has 1 heterocycles. The van der Waals surface area contributed by atoms with Crippen molar-refractivity contribution < 1.29 is 14.7 Å². The molecule has 0 aromatic carbocycles. The van der Waals surface area contributed by atoms with Crippen LogP contribution in [0.25, 0.3) is 0 Å². The second kappa shape index (κ2) is 3.96. The highest BCUT2D eigenvalue weighted by Crippen LogP contribution is 2.34. The lowest BCUT2D eigenvalue weighted by atomic mass is 10.0. The Bertz CT molecular complexity index is 433. The number of amides is 1. The topological polar surface area (TPSA) is 98.2 Å². The summed E-state index contributed by atoms with van der Waals surface area (Å²) < 4.78 is 0.802. The zero-order chi connectivity index (χ0) is 11.7. The normalized spacial score (nSPS) is 16.5. The van der Waals surface area contributed by atoms with Crippen LogP contribution in [0.2, 0.25) is 0 Å². The van der Waals surface area contributed by atoms with Gasteiger partial charge in [-0.1, -0.05) is 12.8 Å². The number of nitrogens with zero attached hydrogens (tertiary/aromatic N) is 2. The van der Waals surface area contributed by atoms with E-state index >= 15 is 0 Å². The molecule has 0 unspecified atom stereocenters. The summed E-state index contributed by atoms with van der Waals surface area (Å²) in [5, 5.41) is 8.89. The van der Waals surface area contributed by atoms with Gasteiger partial charge in [0.25, 0.3) is 5.91 Å². The summed E-state index contributed by atoms with van der Waals surface area (Å²) >= 11 is 0. The maximum Gasteiger partial charge on any atom is 0.417 e. The Morgan fingerprint density at radius 2 is 2.06 bits per heavy atom. The van der Waals surface area contributed by atoms with E-state index in [9.17, 15) is 9.59 Å². The molecule has 6 heteroatoms. The number of hydrogen-bond donors (Lipinski definition) is 2. The zero-order valence-corrected chi connectivity index (χ0v) is 8.72. The lowest BCUT2D eigenvalue weighted by Crippen LogP contribution is -2.22. The van der Waals surface area contributed by atoms with Crippen molar-refractivity contribution >= 4 is 12.0 Å². The lowest BCUT2D eigenvalue weighted by molar-refractivity contribution is 0.0988. The van der Waals surface area contributed by atoms with E-state index < -0.39 is 12.0 Å². The van der Waals surface area contributed by atoms with Crippen LogP contribution in [-0.2, 0) is 0 Å². The Hall–Kier alpha value is -1.85. The van der Waals surface area contributed by atoms with Crippen molar-refractivity contribution in [3.8, 4) is 0 Å². The van der Waals surface area contributed by atoms with Gasteiger partial charge in [0, 0.05) is 5.92 Å². The highest BCUT2D eigenvalue weighted by atomic mass is 16.4. The molecule has 0 spiro atoms. The second-order valence-corrected chi connectivity index (χ2v) is 3.98. The third-order valence-electron chi connectivity index (χ3n) is 2.98. The number of carboxylic acid groups (broad SMARTS) is 1. The molecule has 2 rings (SSSR count). The first-order valence-corrected chi connectivity index (χ1v) is 5.21. The number of aromatic nitrogens is 2. The molecule has 0 aliphatic heterocycles. The maximum absolute atomic E-state index is 11.3. The van der Waals surface area contributed by atoms with E-state index in [4.69, 9.17) is 10.8 Å². The SMILES string of the molecule is NC(=O)c1c(C2CCCC2)ncn1C(=O)O. The van der Waals surface area contributed by atoms with Gasteiger partial charge in [0.2, 0.25) is 0 Å². The van der Waals surface area contributed by atoms with E-state index in [1.165, 1.54) is 0 Å². The minimum atomic E-state index is -1.23. The second-order valence-electron chi connectivity index (χ2n) is 3.98. The van der Waals surface area contributed by atoms with Crippen molar-refractivity contribution in [3.63, 3.8) is 0 Å². The number of nitrogens with two attached hydrogens (primary N) is 1. The van der Waals surface area contributed by atoms with Crippen LogP contribution in [0.5, 0.6) is 0 Å². The monoisotopic (exact) mass is 223 g/mol. The molecular weight excluding hydrogens is 210 g/mol. The number of rotatable bonds is 2. The van der Waals surface area contributed by atoms with Gasteiger partial charge in [0.05, 0.1) is 5.69 Å². The zero-order valence-electron chi connectivity index (χ0n) is 8.72. The first-order valence-electron chi connectivity index (χ1n) is 5.21. The number of primary amides is 1. The van der Waals surface area contributed by atoms with Crippen molar-refractivity contribution in [2.24, 2.45) is 5.73 Å². The minimum absolute atomic E-state index is 0.0133. The summed E-state index contributed by atoms with van der Waals surface area (Å²) in [6.45, 7) is 0. The predicted octanol–water partition coefficient (Wildman–Crippen LogP) is 1.17. The Balaban J connectivity index is 2.45. The van der Waals surface area contributed by atoms with Crippen molar-refractivity contribution in [2.75, 3.05) is 0 Å². The average Bonchev–Trinajstić information content (AvgIpc) is 2.85. The number of imidazole rings is 1. The molecule has 0 bridgehead atoms. The molecule has 1 aliphatic carbocycles. The number of hydrogen-bond acceptors (Lipinski definition) is 3. The molecule has 1 amide bonds. The van der Waals surface area contributed by atoms with Crippen LogP contribution in [0.15, 0.2) is 6.33 Å². The quantitative estimate of drug-likeness (QED) is 0.786. The van der Waals surface area contributed by atoms with Crippen LogP contribution in [0.1, 0.15) is 47.8 Å². The van der Waals surface area contributed by atoms with Crippen LogP contribution < -0.4 is 5.73 Å². The maximum atomic E-state index is 11.3. The van der Waals surface area contributed by atoms with Crippen molar-refractivity contribution in [3.05, 3.63) is 17.7 Å². The summed E-state index contributed by atoms with van der Waals surface area (Å²) in [5.74, 6) is -0.565. The van der Waals surface area contributed by atoms with Crippen LogP contribution >= 0.6 is 0 Å². The molecule has 3 N–H and O–H groups in total. The molecule has 0 saturated heterocycles. The van der Waals surface area contributed by atoms with Gasteiger partial charge < -0.3 is 10.8 Å². The van der Waals surface area contributed by atoms with Crippen LogP contribution in [0.3, 0.4) is 0 Å². The fraction of sp³-hybridized carbons (Fsp3) is 0.500. The summed E-state index contributed by atoms with van der Waals surface area (Å²) in [7, 11) is 0. The van der Waals surface area contributed by atoms with E-state index in [1.54, 1.807) is 0 Å². The highest BCUT2D eigenvalue weighted by Gasteiger charge is 2.27. The van der Waals surface area contributed by atoms with E-state index in [0.717, 1.165) is 36.6 Å². The first kappa shape index (κ1) is 10.7. The Morgan fingerprint density at radius 1 is 1.44 bits per heavy atom. The summed E-state index contributed by atoms with van der Waals surface area (Å²) in [4.78, 5) is 26.2. The number of carbonyl (C=O) groups excluding carboxylic acids is 1. The van der Waals surface area contributed by atoms with Gasteiger partial charge in [-0.15, -0.1) is 0 Å². The third kappa shape index (κ3) is 1.66. The van der Waals surface area contributed by atoms with Crippen molar-refractivity contribution in [1.82, 2.24) is 9.55 Å². The molecule has 1 aromatic heterocycles. The molecule has 16 heavy (non-hydrogen) atoms. The van der Waals surface area contributed by atoms with Gasteiger partial charge in [-0.05, 0) is 12.8 Å².